The second-order valence-electron chi connectivity index (χ2n) is 10.7. The van der Waals surface area contributed by atoms with Crippen molar-refractivity contribution in [1.29, 1.82) is 0 Å². The van der Waals surface area contributed by atoms with Gasteiger partial charge in [-0.25, -0.2) is 9.67 Å². The van der Waals surface area contributed by atoms with Crippen LogP contribution in [0.2, 0.25) is 0 Å². The van der Waals surface area contributed by atoms with Crippen LogP contribution in [-0.2, 0) is 11.2 Å². The van der Waals surface area contributed by atoms with Crippen molar-refractivity contribution in [3.63, 3.8) is 0 Å². The average Bonchev–Trinajstić information content (AvgIpc) is 3.62. The highest BCUT2D eigenvalue weighted by atomic mass is 32.2. The predicted molar refractivity (Wildman–Crippen MR) is 175 cm³/mol. The Morgan fingerprint density at radius 3 is 2.53 bits per heavy atom. The summed E-state index contributed by atoms with van der Waals surface area (Å²) in [5.74, 6) is 0.762. The van der Waals surface area contributed by atoms with Gasteiger partial charge in [0, 0.05) is 12.1 Å². The molecule has 1 fully saturated rings. The summed E-state index contributed by atoms with van der Waals surface area (Å²) >= 11 is 6.88. The molecule has 0 atom stereocenters. The van der Waals surface area contributed by atoms with Crippen molar-refractivity contribution in [2.24, 2.45) is 4.99 Å². The Kier molecular flexibility index (Phi) is 9.88. The number of anilines is 1. The number of thioether (sulfide) groups is 1. The zero-order chi connectivity index (χ0) is 32.1. The standard InChI is InChI=1S/C32H31F3N6O2S2/c1-20(2)26-15-6-21(3)17-27(26)41-28(42)18-45-31(41)38-30(44)36-16-4-5-22-7-9-23(10-8-22)29-37-19-40(39-29)24-11-13-25(14-12-24)43-32(33,34)35/h6-15,17,19-20H,4-5,16,18H2,1-3H3,(H,36,44). The smallest absolute Gasteiger partial charge is 0.406 e. The van der Waals surface area contributed by atoms with Gasteiger partial charge in [-0.05, 0) is 84.9 Å². The molecule has 1 aliphatic heterocycles. The first kappa shape index (κ1) is 32.2. The number of amidine groups is 1. The number of amides is 1. The highest BCUT2D eigenvalue weighted by molar-refractivity contribution is 8.15. The van der Waals surface area contributed by atoms with Gasteiger partial charge in [0.25, 0.3) is 0 Å². The van der Waals surface area contributed by atoms with Crippen molar-refractivity contribution in [2.45, 2.75) is 45.9 Å². The van der Waals surface area contributed by atoms with Crippen LogP contribution in [0.3, 0.4) is 0 Å². The van der Waals surface area contributed by atoms with E-state index in [0.717, 1.165) is 40.8 Å². The summed E-state index contributed by atoms with van der Waals surface area (Å²) in [5, 5.41) is 8.57. The van der Waals surface area contributed by atoms with Crippen LogP contribution < -0.4 is 15.0 Å². The van der Waals surface area contributed by atoms with Crippen molar-refractivity contribution in [2.75, 3.05) is 17.2 Å². The van der Waals surface area contributed by atoms with Crippen molar-refractivity contribution in [3.8, 4) is 22.8 Å². The molecule has 4 aromatic rings. The number of thiocarbonyl (C=S) groups is 1. The third-order valence-electron chi connectivity index (χ3n) is 6.97. The number of aromatic nitrogens is 3. The highest BCUT2D eigenvalue weighted by Gasteiger charge is 2.32. The molecule has 8 nitrogen and oxygen atoms in total. The van der Waals surface area contributed by atoms with Crippen molar-refractivity contribution in [1.82, 2.24) is 20.1 Å². The molecule has 1 N–H and O–H groups in total. The minimum absolute atomic E-state index is 0.00641. The number of hydrogen-bond acceptors (Lipinski definition) is 6. The first-order valence-corrected chi connectivity index (χ1v) is 15.7. The molecule has 45 heavy (non-hydrogen) atoms. The molecule has 0 bridgehead atoms. The summed E-state index contributed by atoms with van der Waals surface area (Å²) < 4.78 is 42.6. The number of benzene rings is 3. The van der Waals surface area contributed by atoms with Gasteiger partial charge < -0.3 is 10.1 Å². The van der Waals surface area contributed by atoms with E-state index in [9.17, 15) is 18.0 Å². The maximum absolute atomic E-state index is 12.8. The van der Waals surface area contributed by atoms with Crippen LogP contribution in [0.4, 0.5) is 18.9 Å². The van der Waals surface area contributed by atoms with Gasteiger partial charge in [-0.2, -0.15) is 4.99 Å². The van der Waals surface area contributed by atoms with Gasteiger partial charge in [0.15, 0.2) is 16.1 Å². The van der Waals surface area contributed by atoms with Crippen LogP contribution >= 0.6 is 24.0 Å². The van der Waals surface area contributed by atoms with Crippen LogP contribution in [0.15, 0.2) is 78.0 Å². The van der Waals surface area contributed by atoms with Crippen molar-refractivity contribution >= 4 is 45.9 Å². The van der Waals surface area contributed by atoms with E-state index in [2.05, 4.69) is 51.1 Å². The number of aryl methyl sites for hydroxylation is 2. The minimum Gasteiger partial charge on any atom is -0.406 e. The zero-order valence-corrected chi connectivity index (χ0v) is 26.5. The number of alkyl halides is 3. The molecule has 0 radical (unpaired) electrons. The summed E-state index contributed by atoms with van der Waals surface area (Å²) in [6, 6.07) is 19.4. The fourth-order valence-corrected chi connectivity index (χ4v) is 5.89. The number of rotatable bonds is 9. The lowest BCUT2D eigenvalue weighted by molar-refractivity contribution is -0.274. The molecule has 1 aliphatic rings. The molecule has 1 amide bonds. The molecule has 0 spiro atoms. The fourth-order valence-electron chi connectivity index (χ4n) is 4.77. The molecule has 1 saturated heterocycles. The van der Waals surface area contributed by atoms with E-state index in [1.165, 1.54) is 47.0 Å². The lowest BCUT2D eigenvalue weighted by Crippen LogP contribution is -2.32. The summed E-state index contributed by atoms with van der Waals surface area (Å²) in [7, 11) is 0. The van der Waals surface area contributed by atoms with Crippen LogP contribution in [0.5, 0.6) is 5.75 Å². The van der Waals surface area contributed by atoms with Crippen molar-refractivity contribution < 1.29 is 22.7 Å². The topological polar surface area (TPSA) is 84.6 Å². The SMILES string of the molecule is Cc1ccc(C(C)C)c(N2C(=O)CSC2=NC(=S)NCCCc2ccc(-c3ncn(-c4ccc(OC(F)(F)F)cc4)n3)cc2)c1. The Labute approximate surface area is 268 Å². The predicted octanol–water partition coefficient (Wildman–Crippen LogP) is 7.21. The molecule has 1 aromatic heterocycles. The van der Waals surface area contributed by atoms with E-state index in [0.29, 0.717) is 34.1 Å². The van der Waals surface area contributed by atoms with Gasteiger partial charge in [-0.15, -0.1) is 18.3 Å². The van der Waals surface area contributed by atoms with Crippen LogP contribution in [0.1, 0.15) is 42.9 Å². The summed E-state index contributed by atoms with van der Waals surface area (Å²) in [6.07, 6.45) is -1.62. The third kappa shape index (κ3) is 8.28. The first-order chi connectivity index (χ1) is 21.5. The highest BCUT2D eigenvalue weighted by Crippen LogP contribution is 2.34. The Hall–Kier alpha value is -4.23. The maximum atomic E-state index is 12.8. The van der Waals surface area contributed by atoms with E-state index in [-0.39, 0.29) is 17.6 Å². The molecule has 234 valence electrons. The lowest BCUT2D eigenvalue weighted by atomic mass is 9.99. The van der Waals surface area contributed by atoms with Crippen molar-refractivity contribution in [3.05, 3.63) is 89.7 Å². The largest absolute Gasteiger partial charge is 0.573 e. The van der Waals surface area contributed by atoms with Gasteiger partial charge in [-0.3, -0.25) is 9.69 Å². The number of ether oxygens (including phenoxy) is 1. The zero-order valence-electron chi connectivity index (χ0n) is 24.8. The van der Waals surface area contributed by atoms with Gasteiger partial charge in [-0.1, -0.05) is 62.0 Å². The number of nitrogens with one attached hydrogen (secondary N) is 1. The molecule has 0 aliphatic carbocycles. The van der Waals surface area contributed by atoms with E-state index < -0.39 is 6.36 Å². The number of carbonyl (C=O) groups is 1. The van der Waals surface area contributed by atoms with E-state index >= 15 is 0 Å². The van der Waals surface area contributed by atoms with Gasteiger partial charge in [0.2, 0.25) is 5.91 Å². The molecule has 0 unspecified atom stereocenters. The fraction of sp³-hybridized carbons (Fsp3) is 0.281. The van der Waals surface area contributed by atoms with Gasteiger partial charge in [0.1, 0.15) is 12.1 Å². The van der Waals surface area contributed by atoms with E-state index in [1.807, 2.05) is 37.3 Å². The Balaban J connectivity index is 1.13. The molecule has 13 heteroatoms. The number of nitrogens with zero attached hydrogens (tertiary/aromatic N) is 5. The Morgan fingerprint density at radius 2 is 1.84 bits per heavy atom. The molecule has 5 rings (SSSR count). The van der Waals surface area contributed by atoms with Crippen LogP contribution in [-0.4, -0.2) is 49.6 Å². The minimum atomic E-state index is -4.74. The monoisotopic (exact) mass is 652 g/mol. The summed E-state index contributed by atoms with van der Waals surface area (Å²) in [4.78, 5) is 23.4. The summed E-state index contributed by atoms with van der Waals surface area (Å²) in [5.41, 5.74) is 5.52. The normalized spacial score (nSPS) is 14.4. The van der Waals surface area contributed by atoms with Crippen LogP contribution in [0.25, 0.3) is 17.1 Å². The second kappa shape index (κ2) is 13.8. The van der Waals surface area contributed by atoms with E-state index in [1.54, 1.807) is 4.90 Å². The molecular formula is C32H31F3N6O2S2. The van der Waals surface area contributed by atoms with Crippen LogP contribution in [0, 0.1) is 6.92 Å². The molecule has 2 heterocycles. The Morgan fingerprint density at radius 1 is 1.11 bits per heavy atom. The quantitative estimate of drug-likeness (QED) is 0.151. The molecular weight excluding hydrogens is 622 g/mol. The Bertz CT molecular complexity index is 1700. The first-order valence-electron chi connectivity index (χ1n) is 14.3. The number of halogens is 3. The second-order valence-corrected chi connectivity index (χ2v) is 12.0. The summed E-state index contributed by atoms with van der Waals surface area (Å²) in [6.45, 7) is 6.84. The van der Waals surface area contributed by atoms with E-state index in [4.69, 9.17) is 12.2 Å². The average molecular weight is 653 g/mol. The number of carbonyl (C=O) groups excluding carboxylic acids is 1. The molecule has 0 saturated carbocycles. The van der Waals surface area contributed by atoms with Gasteiger partial charge in [0.05, 0.1) is 17.1 Å². The molecule has 3 aromatic carbocycles. The number of aliphatic imine (C=N–C) groups is 1. The maximum Gasteiger partial charge on any atom is 0.573 e. The van der Waals surface area contributed by atoms with Gasteiger partial charge >= 0.3 is 6.36 Å². The third-order valence-corrected chi connectivity index (χ3v) is 8.13. The number of hydrogen-bond donors (Lipinski definition) is 1. The lowest BCUT2D eigenvalue weighted by Gasteiger charge is -2.22.